The van der Waals surface area contributed by atoms with Crippen LogP contribution in [0.1, 0.15) is 25.7 Å². The van der Waals surface area contributed by atoms with Crippen molar-refractivity contribution in [1.29, 1.82) is 0 Å². The van der Waals surface area contributed by atoms with Gasteiger partial charge < -0.3 is 15.4 Å². The molecule has 15 heavy (non-hydrogen) atoms. The number of carbonyl (C=O) groups excluding carboxylic acids is 1. The van der Waals surface area contributed by atoms with E-state index < -0.39 is 0 Å². The van der Waals surface area contributed by atoms with Gasteiger partial charge in [-0.3, -0.25) is 4.79 Å². The molecule has 0 saturated carbocycles. The highest BCUT2D eigenvalue weighted by Crippen LogP contribution is 2.11. The second-order valence-electron chi connectivity index (χ2n) is 4.11. The summed E-state index contributed by atoms with van der Waals surface area (Å²) < 4.78 is 4.94. The van der Waals surface area contributed by atoms with Gasteiger partial charge in [-0.1, -0.05) is 0 Å². The van der Waals surface area contributed by atoms with Gasteiger partial charge in [-0.25, -0.2) is 0 Å². The third-order valence-electron chi connectivity index (χ3n) is 2.73. The monoisotopic (exact) mass is 214 g/mol. The molecule has 0 aromatic rings. The minimum Gasteiger partial charge on any atom is -0.385 e. The molecular weight excluding hydrogens is 192 g/mol. The molecule has 1 aliphatic heterocycles. The van der Waals surface area contributed by atoms with Crippen LogP contribution >= 0.6 is 0 Å². The van der Waals surface area contributed by atoms with Crippen molar-refractivity contribution in [3.63, 3.8) is 0 Å². The summed E-state index contributed by atoms with van der Waals surface area (Å²) in [6.07, 6.45) is 3.83. The Morgan fingerprint density at radius 1 is 1.53 bits per heavy atom. The lowest BCUT2D eigenvalue weighted by Crippen LogP contribution is -2.27. The third-order valence-corrected chi connectivity index (χ3v) is 2.73. The van der Waals surface area contributed by atoms with Crippen molar-refractivity contribution in [2.24, 2.45) is 5.92 Å². The number of nitrogens with one attached hydrogen (secondary N) is 2. The van der Waals surface area contributed by atoms with Gasteiger partial charge in [0.2, 0.25) is 5.91 Å². The van der Waals surface area contributed by atoms with Gasteiger partial charge in [-0.2, -0.15) is 0 Å². The quantitative estimate of drug-likeness (QED) is 0.608. The molecular formula is C11H22N2O2. The minimum atomic E-state index is 0.195. The number of rotatable bonds is 7. The molecule has 4 nitrogen and oxygen atoms in total. The number of carbonyl (C=O) groups is 1. The average molecular weight is 214 g/mol. The molecule has 0 aromatic carbocycles. The van der Waals surface area contributed by atoms with Gasteiger partial charge in [-0.05, 0) is 38.3 Å². The first-order valence-electron chi connectivity index (χ1n) is 5.79. The molecule has 88 valence electrons. The summed E-state index contributed by atoms with van der Waals surface area (Å²) in [4.78, 5) is 11.5. The highest BCUT2D eigenvalue weighted by Gasteiger charge is 2.17. The normalized spacial score (nSPS) is 20.5. The van der Waals surface area contributed by atoms with Crippen LogP contribution in [0.5, 0.6) is 0 Å². The van der Waals surface area contributed by atoms with E-state index in [1.807, 2.05) is 0 Å². The Hall–Kier alpha value is -0.610. The van der Waals surface area contributed by atoms with E-state index in [0.29, 0.717) is 12.3 Å². The largest absolute Gasteiger partial charge is 0.385 e. The molecule has 0 spiro atoms. The SMILES string of the molecule is COCCCCNC(=O)CC1CCNC1. The summed E-state index contributed by atoms with van der Waals surface area (Å²) in [5, 5.41) is 6.21. The van der Waals surface area contributed by atoms with E-state index >= 15 is 0 Å². The second-order valence-corrected chi connectivity index (χ2v) is 4.11. The Bertz CT molecular complexity index is 179. The molecule has 1 aliphatic rings. The Kier molecular flexibility index (Phi) is 6.36. The van der Waals surface area contributed by atoms with Gasteiger partial charge in [0.25, 0.3) is 0 Å². The Morgan fingerprint density at radius 3 is 3.07 bits per heavy atom. The van der Waals surface area contributed by atoms with Gasteiger partial charge in [0.05, 0.1) is 0 Å². The standard InChI is InChI=1S/C11H22N2O2/c1-15-7-3-2-5-13-11(14)8-10-4-6-12-9-10/h10,12H,2-9H2,1H3,(H,13,14). The molecule has 4 heteroatoms. The van der Waals surface area contributed by atoms with Crippen LogP contribution in [0.4, 0.5) is 0 Å². The maximum absolute atomic E-state index is 11.5. The zero-order chi connectivity index (χ0) is 10.9. The highest BCUT2D eigenvalue weighted by molar-refractivity contribution is 5.76. The second kappa shape index (κ2) is 7.65. The van der Waals surface area contributed by atoms with Crippen molar-refractivity contribution in [2.45, 2.75) is 25.7 Å². The number of ether oxygens (including phenoxy) is 1. The Balaban J connectivity index is 1.93. The predicted octanol–water partition coefficient (Wildman–Crippen LogP) is 0.529. The fourth-order valence-corrected chi connectivity index (χ4v) is 1.82. The fourth-order valence-electron chi connectivity index (χ4n) is 1.82. The Labute approximate surface area is 91.8 Å². The van der Waals surface area contributed by atoms with Crippen LogP contribution < -0.4 is 10.6 Å². The molecule has 2 N–H and O–H groups in total. The van der Waals surface area contributed by atoms with E-state index in [-0.39, 0.29) is 5.91 Å². The van der Waals surface area contributed by atoms with Crippen molar-refractivity contribution in [2.75, 3.05) is 33.4 Å². The average Bonchev–Trinajstić information content (AvgIpc) is 2.70. The number of hydrogen-bond donors (Lipinski definition) is 2. The topological polar surface area (TPSA) is 50.4 Å². The molecule has 1 amide bonds. The number of hydrogen-bond acceptors (Lipinski definition) is 3. The summed E-state index contributed by atoms with van der Waals surface area (Å²) in [7, 11) is 1.70. The van der Waals surface area contributed by atoms with Crippen LogP contribution in [-0.4, -0.2) is 39.3 Å². The van der Waals surface area contributed by atoms with E-state index in [0.717, 1.165) is 45.5 Å². The maximum atomic E-state index is 11.5. The lowest BCUT2D eigenvalue weighted by molar-refractivity contribution is -0.121. The first kappa shape index (κ1) is 12.5. The van der Waals surface area contributed by atoms with Crippen LogP contribution in [0, 0.1) is 5.92 Å². The molecule has 1 heterocycles. The van der Waals surface area contributed by atoms with Crippen LogP contribution in [-0.2, 0) is 9.53 Å². The van der Waals surface area contributed by atoms with Crippen molar-refractivity contribution in [1.82, 2.24) is 10.6 Å². The number of amides is 1. The summed E-state index contributed by atoms with van der Waals surface area (Å²) in [6, 6.07) is 0. The molecule has 0 bridgehead atoms. The Morgan fingerprint density at radius 2 is 2.40 bits per heavy atom. The summed E-state index contributed by atoms with van der Waals surface area (Å²) in [5.41, 5.74) is 0. The van der Waals surface area contributed by atoms with E-state index in [4.69, 9.17) is 4.74 Å². The molecule has 1 saturated heterocycles. The first-order chi connectivity index (χ1) is 7.33. The molecule has 0 radical (unpaired) electrons. The smallest absolute Gasteiger partial charge is 0.220 e. The minimum absolute atomic E-state index is 0.195. The number of unbranched alkanes of at least 4 members (excludes halogenated alkanes) is 1. The van der Waals surface area contributed by atoms with Gasteiger partial charge >= 0.3 is 0 Å². The summed E-state index contributed by atoms with van der Waals surface area (Å²) >= 11 is 0. The fraction of sp³-hybridized carbons (Fsp3) is 0.909. The summed E-state index contributed by atoms with van der Waals surface area (Å²) in [6.45, 7) is 3.62. The third kappa shape index (κ3) is 5.74. The molecule has 0 aliphatic carbocycles. The van der Waals surface area contributed by atoms with Crippen molar-refractivity contribution >= 4 is 5.91 Å². The van der Waals surface area contributed by atoms with Crippen LogP contribution in [0.25, 0.3) is 0 Å². The van der Waals surface area contributed by atoms with Gasteiger partial charge in [0.1, 0.15) is 0 Å². The number of methoxy groups -OCH3 is 1. The van der Waals surface area contributed by atoms with E-state index in [1.54, 1.807) is 7.11 Å². The molecule has 0 aromatic heterocycles. The van der Waals surface area contributed by atoms with Gasteiger partial charge in [-0.15, -0.1) is 0 Å². The van der Waals surface area contributed by atoms with E-state index in [9.17, 15) is 4.79 Å². The lowest BCUT2D eigenvalue weighted by atomic mass is 10.0. The van der Waals surface area contributed by atoms with Crippen LogP contribution in [0.3, 0.4) is 0 Å². The lowest BCUT2D eigenvalue weighted by Gasteiger charge is -2.08. The molecule has 1 atom stereocenters. The zero-order valence-corrected chi connectivity index (χ0v) is 9.55. The van der Waals surface area contributed by atoms with E-state index in [1.165, 1.54) is 0 Å². The molecule has 1 unspecified atom stereocenters. The van der Waals surface area contributed by atoms with Crippen LogP contribution in [0.15, 0.2) is 0 Å². The first-order valence-corrected chi connectivity index (χ1v) is 5.79. The zero-order valence-electron chi connectivity index (χ0n) is 9.55. The maximum Gasteiger partial charge on any atom is 0.220 e. The van der Waals surface area contributed by atoms with Crippen molar-refractivity contribution < 1.29 is 9.53 Å². The van der Waals surface area contributed by atoms with Crippen molar-refractivity contribution in [3.05, 3.63) is 0 Å². The predicted molar refractivity (Wildman–Crippen MR) is 59.7 cm³/mol. The van der Waals surface area contributed by atoms with Gasteiger partial charge in [0.15, 0.2) is 0 Å². The summed E-state index contributed by atoms with van der Waals surface area (Å²) in [5.74, 6) is 0.741. The van der Waals surface area contributed by atoms with E-state index in [2.05, 4.69) is 10.6 Å². The van der Waals surface area contributed by atoms with Crippen LogP contribution in [0.2, 0.25) is 0 Å². The highest BCUT2D eigenvalue weighted by atomic mass is 16.5. The van der Waals surface area contributed by atoms with Gasteiger partial charge in [0, 0.05) is 26.7 Å². The molecule has 1 rings (SSSR count). The molecule has 1 fully saturated rings. The van der Waals surface area contributed by atoms with Crippen molar-refractivity contribution in [3.8, 4) is 0 Å².